The number of rotatable bonds is 14. The van der Waals surface area contributed by atoms with Crippen molar-refractivity contribution in [3.8, 4) is 0 Å². The fourth-order valence-corrected chi connectivity index (χ4v) is 11.0. The highest BCUT2D eigenvalue weighted by Gasteiger charge is 2.27. The van der Waals surface area contributed by atoms with Crippen molar-refractivity contribution in [2.75, 3.05) is 75.4 Å². The van der Waals surface area contributed by atoms with Gasteiger partial charge in [0.15, 0.2) is 11.6 Å². The highest BCUT2D eigenvalue weighted by molar-refractivity contribution is 8.00. The van der Waals surface area contributed by atoms with E-state index in [1.807, 2.05) is 12.1 Å². The highest BCUT2D eigenvalue weighted by atomic mass is 32.2. The first-order chi connectivity index (χ1) is 28.3. The minimum atomic E-state index is 0.113. The van der Waals surface area contributed by atoms with Crippen molar-refractivity contribution in [1.82, 2.24) is 9.80 Å². The summed E-state index contributed by atoms with van der Waals surface area (Å²) in [7, 11) is 0. The number of likely N-dealkylation sites (tertiary alicyclic amines) is 2. The molecule has 58 heavy (non-hydrogen) atoms. The van der Waals surface area contributed by atoms with Gasteiger partial charge in [-0.2, -0.15) is 0 Å². The molecule has 0 aliphatic carbocycles. The predicted molar refractivity (Wildman–Crippen MR) is 239 cm³/mol. The summed E-state index contributed by atoms with van der Waals surface area (Å²) >= 11 is 3.58. The summed E-state index contributed by atoms with van der Waals surface area (Å²) < 4.78 is 0. The van der Waals surface area contributed by atoms with Gasteiger partial charge < -0.3 is 29.8 Å². The van der Waals surface area contributed by atoms with Gasteiger partial charge in [-0.25, -0.2) is 0 Å². The Labute approximate surface area is 354 Å². The topological polar surface area (TPSA) is 87.6 Å². The average Bonchev–Trinajstić information content (AvgIpc) is 3.24. The monoisotopic (exact) mass is 820 g/mol. The number of Topliss-reactive ketones (excluding diaryl/α,β-unsaturated/α-hetero) is 2. The van der Waals surface area contributed by atoms with E-state index in [2.05, 4.69) is 92.4 Å². The third kappa shape index (κ3) is 10.6. The van der Waals surface area contributed by atoms with Crippen molar-refractivity contribution in [2.45, 2.75) is 84.8 Å². The van der Waals surface area contributed by atoms with Crippen LogP contribution < -0.4 is 9.80 Å². The molecule has 0 atom stereocenters. The van der Waals surface area contributed by atoms with Gasteiger partial charge in [0.25, 0.3) is 0 Å². The molecule has 0 amide bonds. The van der Waals surface area contributed by atoms with Crippen LogP contribution in [0.3, 0.4) is 0 Å². The van der Waals surface area contributed by atoms with E-state index >= 15 is 0 Å². The third-order valence-electron chi connectivity index (χ3n) is 12.3. The van der Waals surface area contributed by atoms with Crippen LogP contribution in [0.1, 0.15) is 85.9 Å². The van der Waals surface area contributed by atoms with Crippen LogP contribution in [0.15, 0.2) is 105 Å². The van der Waals surface area contributed by atoms with Crippen LogP contribution in [0.25, 0.3) is 0 Å². The largest absolute Gasteiger partial charge is 0.396 e. The second kappa shape index (κ2) is 20.6. The summed E-state index contributed by atoms with van der Waals surface area (Å²) in [5, 5.41) is 18.3. The number of anilines is 4. The quantitative estimate of drug-likeness (QED) is 0.120. The minimum Gasteiger partial charge on any atom is -0.396 e. The lowest BCUT2D eigenvalue weighted by atomic mass is 9.94. The van der Waals surface area contributed by atoms with Crippen LogP contribution in [0, 0.1) is 11.8 Å². The Balaban J connectivity index is 0.000000177. The molecule has 10 heteroatoms. The molecule has 2 fully saturated rings. The van der Waals surface area contributed by atoms with Gasteiger partial charge in [0, 0.05) is 57.0 Å². The number of hydrogen-bond acceptors (Lipinski definition) is 10. The van der Waals surface area contributed by atoms with E-state index in [1.165, 1.54) is 56.6 Å². The molecule has 0 radical (unpaired) electrons. The lowest BCUT2D eigenvalue weighted by molar-refractivity contribution is 0.100. The van der Waals surface area contributed by atoms with Gasteiger partial charge in [0.1, 0.15) is 0 Å². The van der Waals surface area contributed by atoms with Crippen molar-refractivity contribution in [3.63, 3.8) is 0 Å². The number of aliphatic hydroxyl groups excluding tert-OH is 2. The fourth-order valence-electron chi connectivity index (χ4n) is 8.85. The molecule has 0 bridgehead atoms. The van der Waals surface area contributed by atoms with Gasteiger partial charge in [-0.3, -0.25) is 9.59 Å². The van der Waals surface area contributed by atoms with Crippen LogP contribution in [0.5, 0.6) is 0 Å². The van der Waals surface area contributed by atoms with Gasteiger partial charge >= 0.3 is 0 Å². The first-order valence-corrected chi connectivity index (χ1v) is 23.0. The smallest absolute Gasteiger partial charge is 0.159 e. The summed E-state index contributed by atoms with van der Waals surface area (Å²) in [6.45, 7) is 12.6. The zero-order valence-corrected chi connectivity index (χ0v) is 35.9. The zero-order chi connectivity index (χ0) is 40.4. The van der Waals surface area contributed by atoms with E-state index in [0.717, 1.165) is 101 Å². The zero-order valence-electron chi connectivity index (χ0n) is 34.3. The van der Waals surface area contributed by atoms with E-state index in [-0.39, 0.29) is 11.6 Å². The van der Waals surface area contributed by atoms with Crippen LogP contribution in [-0.4, -0.2) is 97.2 Å². The van der Waals surface area contributed by atoms with Crippen molar-refractivity contribution in [3.05, 3.63) is 96.1 Å². The lowest BCUT2D eigenvalue weighted by Gasteiger charge is -2.35. The van der Waals surface area contributed by atoms with E-state index in [9.17, 15) is 9.59 Å². The number of fused-ring (bicyclic) bond motifs is 4. The molecule has 4 aliphatic rings. The Morgan fingerprint density at radius 2 is 0.914 bits per heavy atom. The standard InChI is InChI=1S/2C24H30N2O2S/c2*1-18(28)20-7-8-24-22(17-20)26(21-5-2-3-6-23(21)29-24)13-4-12-25-14-9-19(10-15-25)11-16-27/h2*2-3,5-8,17,19,27H,4,9-16H2,1H3. The number of hydrogen-bond donors (Lipinski definition) is 2. The van der Waals surface area contributed by atoms with E-state index in [1.54, 1.807) is 37.4 Å². The molecular weight excluding hydrogens is 761 g/mol. The number of para-hydroxylation sites is 2. The molecular formula is C48H60N4O4S2. The van der Waals surface area contributed by atoms with Crippen molar-refractivity contribution < 1.29 is 19.8 Å². The first-order valence-electron chi connectivity index (χ1n) is 21.4. The molecule has 4 aromatic carbocycles. The van der Waals surface area contributed by atoms with Gasteiger partial charge in [0.05, 0.1) is 22.7 Å². The summed E-state index contributed by atoms with van der Waals surface area (Å²) in [5.41, 5.74) is 6.35. The number of nitrogens with zero attached hydrogens (tertiary/aromatic N) is 4. The normalized spacial score (nSPS) is 17.1. The third-order valence-corrected chi connectivity index (χ3v) is 14.5. The Morgan fingerprint density at radius 1 is 0.534 bits per heavy atom. The molecule has 0 saturated carbocycles. The molecule has 0 aromatic heterocycles. The molecule has 2 N–H and O–H groups in total. The maximum atomic E-state index is 11.9. The first kappa shape index (κ1) is 42.5. The maximum Gasteiger partial charge on any atom is 0.159 e. The highest BCUT2D eigenvalue weighted by Crippen LogP contribution is 2.49. The van der Waals surface area contributed by atoms with Crippen molar-refractivity contribution in [1.29, 1.82) is 0 Å². The molecule has 8 rings (SSSR count). The van der Waals surface area contributed by atoms with Gasteiger partial charge in [-0.15, -0.1) is 0 Å². The Hall–Kier alpha value is -3.64. The van der Waals surface area contributed by atoms with Crippen LogP contribution in [0.2, 0.25) is 0 Å². The van der Waals surface area contributed by atoms with Gasteiger partial charge in [-0.1, -0.05) is 59.9 Å². The van der Waals surface area contributed by atoms with Gasteiger partial charge in [0.2, 0.25) is 0 Å². The molecule has 0 spiro atoms. The SMILES string of the molecule is CC(=O)c1ccc2c(c1)N(CCCN1CCC(CCO)CC1)c1ccccc1S2.CC(=O)c1ccc2c(c1)N(CCCN1CCC(CCO)CC1)c1ccccc1S2. The van der Waals surface area contributed by atoms with Crippen LogP contribution in [-0.2, 0) is 0 Å². The second-order valence-electron chi connectivity index (χ2n) is 16.2. The molecule has 8 nitrogen and oxygen atoms in total. The van der Waals surface area contributed by atoms with E-state index in [0.29, 0.717) is 25.0 Å². The molecule has 4 heterocycles. The Morgan fingerprint density at radius 3 is 1.29 bits per heavy atom. The lowest BCUT2D eigenvalue weighted by Crippen LogP contribution is -2.36. The number of benzene rings is 4. The molecule has 4 aromatic rings. The predicted octanol–water partition coefficient (Wildman–Crippen LogP) is 9.95. The number of piperidine rings is 2. The van der Waals surface area contributed by atoms with E-state index < -0.39 is 0 Å². The fraction of sp³-hybridized carbons (Fsp3) is 0.458. The van der Waals surface area contributed by atoms with Crippen molar-refractivity contribution >= 4 is 57.8 Å². The Bertz CT molecular complexity index is 1870. The Kier molecular flexibility index (Phi) is 15.1. The summed E-state index contributed by atoms with van der Waals surface area (Å²) in [4.78, 5) is 38.8. The van der Waals surface area contributed by atoms with Gasteiger partial charge in [-0.05, 0) is 165 Å². The molecule has 308 valence electrons. The van der Waals surface area contributed by atoms with Crippen molar-refractivity contribution in [2.24, 2.45) is 11.8 Å². The molecule has 4 aliphatic heterocycles. The van der Waals surface area contributed by atoms with E-state index in [4.69, 9.17) is 10.2 Å². The summed E-state index contributed by atoms with van der Waals surface area (Å²) in [6, 6.07) is 29.3. The molecule has 0 unspecified atom stereocenters. The number of ketones is 2. The van der Waals surface area contributed by atoms with Crippen LogP contribution in [0.4, 0.5) is 22.7 Å². The number of aliphatic hydroxyl groups is 2. The average molecular weight is 821 g/mol. The number of carbonyl (C=O) groups is 2. The van der Waals surface area contributed by atoms with Crippen LogP contribution >= 0.6 is 23.5 Å². The molecule has 2 saturated heterocycles. The maximum absolute atomic E-state index is 11.9. The second-order valence-corrected chi connectivity index (χ2v) is 18.4. The number of carbonyl (C=O) groups excluding carboxylic acids is 2. The summed E-state index contributed by atoms with van der Waals surface area (Å²) in [5.74, 6) is 1.61. The minimum absolute atomic E-state index is 0.113. The summed E-state index contributed by atoms with van der Waals surface area (Å²) in [6.07, 6.45) is 8.89.